The molecular formula is C12H18N2O5. The molecule has 1 aliphatic heterocycles. The number of methoxy groups -OCH3 is 1. The Hall–Kier alpha value is -1.44. The Morgan fingerprint density at radius 2 is 2.37 bits per heavy atom. The summed E-state index contributed by atoms with van der Waals surface area (Å²) in [7, 11) is 1.52. The molecule has 0 saturated carbocycles. The average molecular weight is 270 g/mol. The fraction of sp³-hybridized carbons (Fsp3) is 0.667. The van der Waals surface area contributed by atoms with E-state index in [0.29, 0.717) is 0 Å². The lowest BCUT2D eigenvalue weighted by Gasteiger charge is -2.44. The van der Waals surface area contributed by atoms with Crippen LogP contribution in [0.5, 0.6) is 0 Å². The number of ether oxygens (including phenoxy) is 3. The molecule has 2 heterocycles. The summed E-state index contributed by atoms with van der Waals surface area (Å²) in [6, 6.07) is 0. The summed E-state index contributed by atoms with van der Waals surface area (Å²) < 4.78 is 17.4. The van der Waals surface area contributed by atoms with E-state index in [2.05, 4.69) is 4.98 Å². The lowest BCUT2D eigenvalue weighted by atomic mass is 9.88. The zero-order valence-corrected chi connectivity index (χ0v) is 11.1. The number of aromatic nitrogens is 2. The predicted molar refractivity (Wildman–Crippen MR) is 64.5 cm³/mol. The van der Waals surface area contributed by atoms with Gasteiger partial charge in [-0.1, -0.05) is 0 Å². The summed E-state index contributed by atoms with van der Waals surface area (Å²) in [4.78, 5) is 15.7. The van der Waals surface area contributed by atoms with Crippen LogP contribution in [-0.2, 0) is 14.2 Å². The van der Waals surface area contributed by atoms with E-state index in [1.165, 1.54) is 30.4 Å². The van der Waals surface area contributed by atoms with Gasteiger partial charge in [0.25, 0.3) is 0 Å². The van der Waals surface area contributed by atoms with E-state index in [1.807, 2.05) is 0 Å². The van der Waals surface area contributed by atoms with E-state index in [1.54, 1.807) is 13.8 Å². The number of hydrogen-bond acceptors (Lipinski definition) is 6. The minimum atomic E-state index is -0.928. The highest BCUT2D eigenvalue weighted by atomic mass is 16.7. The first-order chi connectivity index (χ1) is 8.96. The summed E-state index contributed by atoms with van der Waals surface area (Å²) in [5.41, 5.74) is -0.798. The molecule has 1 aromatic rings. The minimum absolute atomic E-state index is 0.232. The quantitative estimate of drug-likeness (QED) is 0.854. The van der Waals surface area contributed by atoms with Gasteiger partial charge < -0.3 is 19.3 Å². The number of aliphatic hydroxyl groups is 1. The molecule has 1 aliphatic rings. The molecule has 0 unspecified atom stereocenters. The Labute approximate surface area is 111 Å². The number of imidazole rings is 1. The molecule has 0 aromatic carbocycles. The molecule has 106 valence electrons. The molecule has 2 rings (SSSR count). The Bertz CT molecular complexity index is 435. The van der Waals surface area contributed by atoms with Crippen molar-refractivity contribution in [2.24, 2.45) is 0 Å². The largest absolute Gasteiger partial charge is 0.440 e. The Balaban J connectivity index is 2.14. The molecule has 7 nitrogen and oxygen atoms in total. The molecule has 1 aromatic heterocycles. The van der Waals surface area contributed by atoms with E-state index in [9.17, 15) is 9.90 Å². The molecule has 0 amide bonds. The monoisotopic (exact) mass is 270 g/mol. The highest BCUT2D eigenvalue weighted by Crippen LogP contribution is 2.33. The SMILES string of the molecule is CO[C@]1(C)C[C@H](O)O[C@@H](C)[C@@H]1OC(=O)n1ccnc1. The van der Waals surface area contributed by atoms with Crippen LogP contribution in [0, 0.1) is 0 Å². The average Bonchev–Trinajstić information content (AvgIpc) is 2.87. The van der Waals surface area contributed by atoms with Crippen molar-refractivity contribution in [1.29, 1.82) is 0 Å². The highest BCUT2D eigenvalue weighted by Gasteiger charge is 2.48. The van der Waals surface area contributed by atoms with Crippen LogP contribution in [0.4, 0.5) is 4.79 Å². The molecule has 0 bridgehead atoms. The van der Waals surface area contributed by atoms with Gasteiger partial charge in [-0.2, -0.15) is 0 Å². The summed E-state index contributed by atoms with van der Waals surface area (Å²) in [5.74, 6) is 0. The van der Waals surface area contributed by atoms with E-state index in [4.69, 9.17) is 14.2 Å². The third-order valence-electron chi connectivity index (χ3n) is 3.39. The van der Waals surface area contributed by atoms with Crippen LogP contribution in [0.25, 0.3) is 0 Å². The maximum Gasteiger partial charge on any atom is 0.419 e. The summed E-state index contributed by atoms with van der Waals surface area (Å²) >= 11 is 0. The lowest BCUT2D eigenvalue weighted by molar-refractivity contribution is -0.262. The van der Waals surface area contributed by atoms with Gasteiger partial charge in [0.1, 0.15) is 11.9 Å². The maximum atomic E-state index is 11.9. The van der Waals surface area contributed by atoms with Crippen molar-refractivity contribution in [3.63, 3.8) is 0 Å². The second-order valence-electron chi connectivity index (χ2n) is 4.79. The van der Waals surface area contributed by atoms with Crippen molar-refractivity contribution in [3.8, 4) is 0 Å². The van der Waals surface area contributed by atoms with Gasteiger partial charge in [-0.15, -0.1) is 0 Å². The molecule has 1 fully saturated rings. The van der Waals surface area contributed by atoms with Gasteiger partial charge in [-0.25, -0.2) is 14.3 Å². The van der Waals surface area contributed by atoms with Crippen LogP contribution < -0.4 is 0 Å². The topological polar surface area (TPSA) is 82.8 Å². The second kappa shape index (κ2) is 5.28. The lowest BCUT2D eigenvalue weighted by Crippen LogP contribution is -2.57. The third-order valence-corrected chi connectivity index (χ3v) is 3.39. The molecule has 0 radical (unpaired) electrons. The molecule has 0 spiro atoms. The smallest absolute Gasteiger partial charge is 0.419 e. The number of hydrogen-bond donors (Lipinski definition) is 1. The Morgan fingerprint density at radius 3 is 2.95 bits per heavy atom. The molecule has 7 heteroatoms. The minimum Gasteiger partial charge on any atom is -0.440 e. The van der Waals surface area contributed by atoms with Gasteiger partial charge in [0.2, 0.25) is 0 Å². The molecule has 4 atom stereocenters. The van der Waals surface area contributed by atoms with Crippen molar-refractivity contribution >= 4 is 6.09 Å². The van der Waals surface area contributed by atoms with Gasteiger partial charge in [-0.05, 0) is 13.8 Å². The first kappa shape index (κ1) is 14.0. The van der Waals surface area contributed by atoms with Crippen LogP contribution in [0.1, 0.15) is 20.3 Å². The maximum absolute atomic E-state index is 11.9. The first-order valence-electron chi connectivity index (χ1n) is 6.04. The summed E-state index contributed by atoms with van der Waals surface area (Å²) in [6.07, 6.45) is 2.00. The predicted octanol–water partition coefficient (Wildman–Crippen LogP) is 0.769. The van der Waals surface area contributed by atoms with E-state index >= 15 is 0 Å². The van der Waals surface area contributed by atoms with E-state index in [-0.39, 0.29) is 6.42 Å². The van der Waals surface area contributed by atoms with Gasteiger partial charge >= 0.3 is 6.09 Å². The fourth-order valence-electron chi connectivity index (χ4n) is 2.28. The summed E-state index contributed by atoms with van der Waals surface area (Å²) in [6.45, 7) is 3.51. The highest BCUT2D eigenvalue weighted by molar-refractivity contribution is 5.70. The summed E-state index contributed by atoms with van der Waals surface area (Å²) in [5, 5.41) is 9.62. The van der Waals surface area contributed by atoms with E-state index in [0.717, 1.165) is 0 Å². The van der Waals surface area contributed by atoms with Gasteiger partial charge in [0.05, 0.1) is 6.10 Å². The molecule has 19 heavy (non-hydrogen) atoms. The van der Waals surface area contributed by atoms with Crippen LogP contribution in [0.3, 0.4) is 0 Å². The van der Waals surface area contributed by atoms with Crippen molar-refractivity contribution in [2.75, 3.05) is 7.11 Å². The fourth-order valence-corrected chi connectivity index (χ4v) is 2.28. The first-order valence-corrected chi connectivity index (χ1v) is 6.04. The van der Waals surface area contributed by atoms with Crippen molar-refractivity contribution in [2.45, 2.75) is 44.4 Å². The molecule has 1 saturated heterocycles. The van der Waals surface area contributed by atoms with Crippen molar-refractivity contribution in [1.82, 2.24) is 9.55 Å². The van der Waals surface area contributed by atoms with Crippen LogP contribution in [-0.4, -0.2) is 52.0 Å². The standard InChI is InChI=1S/C12H18N2O5/c1-8-10(12(2,17-3)6-9(15)18-8)19-11(16)14-5-4-13-7-14/h4-5,7-10,15H,6H2,1-3H3/t8-,9+,10-,12+/m0/s1. The molecular weight excluding hydrogens is 252 g/mol. The number of nitrogens with zero attached hydrogens (tertiary/aromatic N) is 2. The second-order valence-corrected chi connectivity index (χ2v) is 4.79. The van der Waals surface area contributed by atoms with Gasteiger partial charge in [-0.3, -0.25) is 0 Å². The van der Waals surface area contributed by atoms with Crippen LogP contribution in [0.2, 0.25) is 0 Å². The van der Waals surface area contributed by atoms with Crippen molar-refractivity contribution < 1.29 is 24.1 Å². The Kier molecular flexibility index (Phi) is 3.88. The number of rotatable bonds is 2. The Morgan fingerprint density at radius 1 is 1.63 bits per heavy atom. The normalized spacial score (nSPS) is 35.1. The third kappa shape index (κ3) is 2.78. The van der Waals surface area contributed by atoms with Gasteiger partial charge in [0.15, 0.2) is 12.4 Å². The number of carbonyl (C=O) groups is 1. The zero-order chi connectivity index (χ0) is 14.0. The number of carbonyl (C=O) groups excluding carboxylic acids is 1. The van der Waals surface area contributed by atoms with E-state index < -0.39 is 30.2 Å². The number of aliphatic hydroxyl groups excluding tert-OH is 1. The molecule has 1 N–H and O–H groups in total. The molecule has 0 aliphatic carbocycles. The van der Waals surface area contributed by atoms with Gasteiger partial charge in [0, 0.05) is 25.9 Å². The van der Waals surface area contributed by atoms with Crippen molar-refractivity contribution in [3.05, 3.63) is 18.7 Å². The van der Waals surface area contributed by atoms with Crippen LogP contribution in [0.15, 0.2) is 18.7 Å². The zero-order valence-electron chi connectivity index (χ0n) is 11.1. The van der Waals surface area contributed by atoms with Crippen LogP contribution >= 0.6 is 0 Å².